The van der Waals surface area contributed by atoms with E-state index in [9.17, 15) is 9.59 Å². The van der Waals surface area contributed by atoms with E-state index in [1.807, 2.05) is 0 Å². The minimum Gasteiger partial charge on any atom is -0.481 e. The Morgan fingerprint density at radius 1 is 1.41 bits per heavy atom. The number of para-hydroxylation sites is 1. The van der Waals surface area contributed by atoms with Crippen LogP contribution in [0.5, 0.6) is 0 Å². The van der Waals surface area contributed by atoms with Gasteiger partial charge in [0.1, 0.15) is 11.5 Å². The molecule has 0 radical (unpaired) electrons. The van der Waals surface area contributed by atoms with Crippen molar-refractivity contribution in [1.82, 2.24) is 0 Å². The van der Waals surface area contributed by atoms with Gasteiger partial charge in [0.15, 0.2) is 0 Å². The fourth-order valence-corrected chi connectivity index (χ4v) is 1.68. The number of hydrogen-bond donors (Lipinski definition) is 2. The van der Waals surface area contributed by atoms with Crippen molar-refractivity contribution in [2.75, 3.05) is 6.54 Å². The number of aliphatic carboxylic acids is 1. The molecule has 0 saturated heterocycles. The van der Waals surface area contributed by atoms with Crippen molar-refractivity contribution >= 4 is 16.9 Å². The number of benzene rings is 1. The van der Waals surface area contributed by atoms with Gasteiger partial charge < -0.3 is 15.3 Å². The maximum atomic E-state index is 11.7. The second-order valence-corrected chi connectivity index (χ2v) is 3.65. The first-order valence-electron chi connectivity index (χ1n) is 5.09. The lowest BCUT2D eigenvalue weighted by Crippen LogP contribution is -2.26. The van der Waals surface area contributed by atoms with Crippen LogP contribution in [0.25, 0.3) is 11.0 Å². The first-order valence-corrected chi connectivity index (χ1v) is 5.09. The molecule has 0 aliphatic rings. The van der Waals surface area contributed by atoms with E-state index in [0.29, 0.717) is 11.0 Å². The van der Waals surface area contributed by atoms with E-state index in [1.165, 1.54) is 6.07 Å². The Kier molecular flexibility index (Phi) is 2.93. The lowest BCUT2D eigenvalue weighted by molar-refractivity contribution is -0.138. The smallest absolute Gasteiger partial charge is 0.340 e. The first kappa shape index (κ1) is 11.3. The lowest BCUT2D eigenvalue weighted by Gasteiger charge is -2.08. The molecule has 2 aromatic rings. The predicted octanol–water partition coefficient (Wildman–Crippen LogP) is 0.920. The van der Waals surface area contributed by atoms with Crippen molar-refractivity contribution in [2.45, 2.75) is 5.92 Å². The van der Waals surface area contributed by atoms with Gasteiger partial charge in [-0.15, -0.1) is 0 Å². The SMILES string of the molecule is NCC(C(=O)O)c1cc2ccccc2oc1=O. The molecule has 3 N–H and O–H groups in total. The van der Waals surface area contributed by atoms with Crippen molar-refractivity contribution < 1.29 is 14.3 Å². The van der Waals surface area contributed by atoms with Crippen molar-refractivity contribution in [1.29, 1.82) is 0 Å². The third-order valence-corrected chi connectivity index (χ3v) is 2.58. The summed E-state index contributed by atoms with van der Waals surface area (Å²) in [5.41, 5.74) is 5.22. The molecule has 0 amide bonds. The van der Waals surface area contributed by atoms with Crippen LogP contribution in [0.2, 0.25) is 0 Å². The van der Waals surface area contributed by atoms with Gasteiger partial charge in [0.25, 0.3) is 0 Å². The van der Waals surface area contributed by atoms with Gasteiger partial charge in [-0.2, -0.15) is 0 Å². The average molecular weight is 233 g/mol. The molecule has 88 valence electrons. The van der Waals surface area contributed by atoms with Crippen LogP contribution < -0.4 is 11.4 Å². The Hall–Kier alpha value is -2.14. The Bertz CT molecular complexity index is 617. The molecule has 1 aromatic heterocycles. The number of nitrogens with two attached hydrogens (primary N) is 1. The third-order valence-electron chi connectivity index (χ3n) is 2.58. The molecule has 0 saturated carbocycles. The van der Waals surface area contributed by atoms with Crippen LogP contribution in [-0.4, -0.2) is 17.6 Å². The molecule has 5 heteroatoms. The van der Waals surface area contributed by atoms with Gasteiger partial charge >= 0.3 is 11.6 Å². The molecule has 1 heterocycles. The Labute approximate surface area is 96.5 Å². The average Bonchev–Trinajstić information content (AvgIpc) is 2.30. The molecule has 0 aliphatic heterocycles. The minimum atomic E-state index is -1.13. The highest BCUT2D eigenvalue weighted by Gasteiger charge is 2.22. The number of rotatable bonds is 3. The van der Waals surface area contributed by atoms with Crippen LogP contribution in [0, 0.1) is 0 Å². The zero-order valence-electron chi connectivity index (χ0n) is 8.92. The summed E-state index contributed by atoms with van der Waals surface area (Å²) in [5, 5.41) is 9.64. The van der Waals surface area contributed by atoms with Gasteiger partial charge in [-0.3, -0.25) is 4.79 Å². The number of carboxylic acid groups (broad SMARTS) is 1. The monoisotopic (exact) mass is 233 g/mol. The minimum absolute atomic E-state index is 0.0821. The molecule has 1 aromatic carbocycles. The third kappa shape index (κ3) is 2.05. The molecule has 1 atom stereocenters. The molecule has 2 rings (SSSR count). The largest absolute Gasteiger partial charge is 0.481 e. The van der Waals surface area contributed by atoms with E-state index in [0.717, 1.165) is 0 Å². The van der Waals surface area contributed by atoms with Crippen LogP contribution in [0.3, 0.4) is 0 Å². The molecule has 1 unspecified atom stereocenters. The van der Waals surface area contributed by atoms with Crippen molar-refractivity contribution in [3.63, 3.8) is 0 Å². The number of hydrogen-bond acceptors (Lipinski definition) is 4. The highest BCUT2D eigenvalue weighted by atomic mass is 16.4. The quantitative estimate of drug-likeness (QED) is 0.769. The van der Waals surface area contributed by atoms with Crippen LogP contribution in [-0.2, 0) is 4.79 Å². The van der Waals surface area contributed by atoms with Crippen molar-refractivity contribution in [3.8, 4) is 0 Å². The number of carboxylic acids is 1. The summed E-state index contributed by atoms with van der Waals surface area (Å²) >= 11 is 0. The maximum Gasteiger partial charge on any atom is 0.340 e. The summed E-state index contributed by atoms with van der Waals surface area (Å²) in [6, 6.07) is 8.44. The fraction of sp³-hybridized carbons (Fsp3) is 0.167. The Morgan fingerprint density at radius 3 is 2.76 bits per heavy atom. The number of fused-ring (bicyclic) bond motifs is 1. The first-order chi connectivity index (χ1) is 8.13. The highest BCUT2D eigenvalue weighted by Crippen LogP contribution is 2.17. The second-order valence-electron chi connectivity index (χ2n) is 3.65. The summed E-state index contributed by atoms with van der Waals surface area (Å²) in [7, 11) is 0. The van der Waals surface area contributed by atoms with Gasteiger partial charge in [0.2, 0.25) is 0 Å². The van der Waals surface area contributed by atoms with Gasteiger partial charge in [-0.1, -0.05) is 18.2 Å². The zero-order chi connectivity index (χ0) is 12.4. The second kappa shape index (κ2) is 4.39. The van der Waals surface area contributed by atoms with Crippen LogP contribution in [0.15, 0.2) is 39.5 Å². The normalized spacial score (nSPS) is 12.5. The molecule has 0 bridgehead atoms. The van der Waals surface area contributed by atoms with Gasteiger partial charge in [0, 0.05) is 11.9 Å². The zero-order valence-corrected chi connectivity index (χ0v) is 8.92. The van der Waals surface area contributed by atoms with E-state index in [1.54, 1.807) is 24.3 Å². The molecular weight excluding hydrogens is 222 g/mol. The molecule has 17 heavy (non-hydrogen) atoms. The number of carbonyl (C=O) groups is 1. The van der Waals surface area contributed by atoms with Crippen LogP contribution in [0.4, 0.5) is 0 Å². The van der Waals surface area contributed by atoms with E-state index in [4.69, 9.17) is 15.3 Å². The highest BCUT2D eigenvalue weighted by molar-refractivity contribution is 5.81. The maximum absolute atomic E-state index is 11.7. The Morgan fingerprint density at radius 2 is 2.12 bits per heavy atom. The van der Waals surface area contributed by atoms with Gasteiger partial charge in [-0.05, 0) is 12.1 Å². The molecule has 0 spiro atoms. The topological polar surface area (TPSA) is 93.5 Å². The summed E-state index contributed by atoms with van der Waals surface area (Å²) < 4.78 is 5.05. The van der Waals surface area contributed by atoms with Crippen LogP contribution in [0.1, 0.15) is 11.5 Å². The summed E-state index contributed by atoms with van der Waals surface area (Å²) in [4.78, 5) is 22.6. The molecule has 0 aliphatic carbocycles. The summed E-state index contributed by atoms with van der Waals surface area (Å²) in [5.74, 6) is -2.16. The van der Waals surface area contributed by atoms with Gasteiger partial charge in [0.05, 0.1) is 5.56 Å². The van der Waals surface area contributed by atoms with E-state index < -0.39 is 17.5 Å². The molecule has 5 nitrogen and oxygen atoms in total. The lowest BCUT2D eigenvalue weighted by atomic mass is 10.0. The standard InChI is InChI=1S/C12H11NO4/c13-6-9(11(14)15)8-5-7-3-1-2-4-10(7)17-12(8)16/h1-5,9H,6,13H2,(H,14,15). The van der Waals surface area contributed by atoms with Crippen molar-refractivity contribution in [2.24, 2.45) is 5.73 Å². The summed E-state index contributed by atoms with van der Waals surface area (Å²) in [6.45, 7) is -0.140. The van der Waals surface area contributed by atoms with Crippen LogP contribution >= 0.6 is 0 Å². The molecular formula is C12H11NO4. The van der Waals surface area contributed by atoms with Crippen molar-refractivity contribution in [3.05, 3.63) is 46.3 Å². The van der Waals surface area contributed by atoms with E-state index in [2.05, 4.69) is 0 Å². The Balaban J connectivity index is 2.65. The molecule has 0 fully saturated rings. The van der Waals surface area contributed by atoms with Gasteiger partial charge in [-0.25, -0.2) is 4.79 Å². The fourth-order valence-electron chi connectivity index (χ4n) is 1.68. The summed E-state index contributed by atoms with van der Waals surface area (Å²) in [6.07, 6.45) is 0. The van der Waals surface area contributed by atoms with E-state index >= 15 is 0 Å². The predicted molar refractivity (Wildman–Crippen MR) is 61.9 cm³/mol. The van der Waals surface area contributed by atoms with E-state index in [-0.39, 0.29) is 12.1 Å².